The van der Waals surface area contributed by atoms with Gasteiger partial charge in [0.2, 0.25) is 9.84 Å². The predicted molar refractivity (Wildman–Crippen MR) is 123 cm³/mol. The zero-order chi connectivity index (χ0) is 24.6. The van der Waals surface area contributed by atoms with Crippen LogP contribution in [0.15, 0.2) is 106 Å². The summed E-state index contributed by atoms with van der Waals surface area (Å²) in [6.07, 6.45) is 0. The van der Waals surface area contributed by atoms with Crippen molar-refractivity contribution >= 4 is 37.5 Å². The van der Waals surface area contributed by atoms with Gasteiger partial charge < -0.3 is 15.0 Å². The largest absolute Gasteiger partial charge is 0.504 e. The zero-order valence-electron chi connectivity index (χ0n) is 17.1. The number of rotatable bonds is 3. The maximum atomic E-state index is 12.1. The van der Waals surface area contributed by atoms with Crippen molar-refractivity contribution in [3.05, 3.63) is 91.0 Å². The van der Waals surface area contributed by atoms with Gasteiger partial charge in [-0.2, -0.15) is 8.42 Å². The predicted octanol–water partition coefficient (Wildman–Crippen LogP) is 3.83. The molecule has 0 aliphatic rings. The molecule has 0 radical (unpaired) electrons. The van der Waals surface area contributed by atoms with E-state index in [0.717, 1.165) is 5.39 Å². The topological polar surface area (TPSA) is 146 Å². The lowest BCUT2D eigenvalue weighted by Gasteiger charge is -2.07. The number of phenolic OH excluding ortho intramolecular Hbond substituents is 2. The minimum atomic E-state index is -4.13. The highest BCUT2D eigenvalue weighted by molar-refractivity contribution is 7.91. The summed E-state index contributed by atoms with van der Waals surface area (Å²) in [5, 5.41) is 20.2. The monoisotopic (exact) mass is 488 g/mol. The van der Waals surface area contributed by atoms with Crippen molar-refractivity contribution in [2.75, 3.05) is 0 Å². The van der Waals surface area contributed by atoms with Crippen molar-refractivity contribution < 1.29 is 36.4 Å². The number of phenols is 2. The molecule has 4 aromatic rings. The highest BCUT2D eigenvalue weighted by Gasteiger charge is 2.22. The molecule has 0 saturated carbocycles. The highest BCUT2D eigenvalue weighted by Crippen LogP contribution is 2.34. The van der Waals surface area contributed by atoms with E-state index >= 15 is 0 Å². The first-order valence-electron chi connectivity index (χ1n) is 9.17. The number of aromatic hydroxyl groups is 2. The normalized spacial score (nSPS) is 10.9. The molecule has 3 N–H and O–H groups in total. The van der Waals surface area contributed by atoms with Gasteiger partial charge in [-0.05, 0) is 35.7 Å². The van der Waals surface area contributed by atoms with Crippen LogP contribution in [0.5, 0.6) is 11.5 Å². The zero-order valence-corrected chi connectivity index (χ0v) is 18.7. The maximum Gasteiger partial charge on any atom is 0.295 e. The number of carbonyl (C=O) groups is 1. The number of benzene rings is 4. The lowest BCUT2D eigenvalue weighted by Crippen LogP contribution is -2.01. The van der Waals surface area contributed by atoms with Crippen molar-refractivity contribution in [2.24, 2.45) is 0 Å². The average Bonchev–Trinajstić information content (AvgIpc) is 2.82. The Morgan fingerprint density at radius 3 is 1.76 bits per heavy atom. The summed E-state index contributed by atoms with van der Waals surface area (Å²) in [6, 6.07) is 23.4. The molecule has 172 valence electrons. The molecule has 0 fully saturated rings. The average molecular weight is 489 g/mol. The van der Waals surface area contributed by atoms with Crippen LogP contribution in [-0.2, 0) is 24.7 Å². The summed E-state index contributed by atoms with van der Waals surface area (Å²) < 4.78 is 55.2. The van der Waals surface area contributed by atoms with Crippen LogP contribution in [0.2, 0.25) is 0 Å². The maximum absolute atomic E-state index is 12.1. The highest BCUT2D eigenvalue weighted by atomic mass is 32.2. The molecule has 8 nitrogen and oxygen atoms in total. The van der Waals surface area contributed by atoms with Gasteiger partial charge in [0.05, 0.1) is 4.90 Å². The summed E-state index contributed by atoms with van der Waals surface area (Å²) in [5.74, 6) is -1.08. The second-order valence-corrected chi connectivity index (χ2v) is 9.70. The lowest BCUT2D eigenvalue weighted by atomic mass is 10.1. The minimum absolute atomic E-state index is 0.0457. The van der Waals surface area contributed by atoms with Gasteiger partial charge in [0.25, 0.3) is 10.1 Å². The number of para-hydroxylation sites is 1. The van der Waals surface area contributed by atoms with Gasteiger partial charge in [-0.1, -0.05) is 60.7 Å². The van der Waals surface area contributed by atoms with Gasteiger partial charge in [0.1, 0.15) is 16.6 Å². The lowest BCUT2D eigenvalue weighted by molar-refractivity contribution is -0.0980. The molecular formula is C23H20O8S2. The van der Waals surface area contributed by atoms with Crippen molar-refractivity contribution in [2.45, 2.75) is 14.7 Å². The minimum Gasteiger partial charge on any atom is -0.504 e. The molecule has 0 bridgehead atoms. The smallest absolute Gasteiger partial charge is 0.295 e. The summed E-state index contributed by atoms with van der Waals surface area (Å²) in [4.78, 5) is 7.72. The quantitative estimate of drug-likeness (QED) is 0.291. The molecule has 0 aliphatic heterocycles. The van der Waals surface area contributed by atoms with E-state index in [9.17, 15) is 27.0 Å². The molecule has 0 saturated heterocycles. The number of hydrogen-bond donors (Lipinski definition) is 3. The van der Waals surface area contributed by atoms with Gasteiger partial charge in [-0.3, -0.25) is 4.55 Å². The number of carbonyl (C=O) groups excluding carboxylic acids is 1. The van der Waals surface area contributed by atoms with E-state index in [1.54, 1.807) is 48.5 Å². The third kappa shape index (κ3) is 5.95. The van der Waals surface area contributed by atoms with Crippen LogP contribution < -0.4 is 0 Å². The third-order valence-electron chi connectivity index (χ3n) is 4.35. The summed E-state index contributed by atoms with van der Waals surface area (Å²) in [6.45, 7) is 2.00. The Morgan fingerprint density at radius 1 is 0.606 bits per heavy atom. The van der Waals surface area contributed by atoms with Crippen LogP contribution in [0.4, 0.5) is 0 Å². The second-order valence-electron chi connectivity index (χ2n) is 6.39. The first-order chi connectivity index (χ1) is 15.6. The number of fused-ring (bicyclic) bond motifs is 1. The Bertz CT molecular complexity index is 1440. The molecule has 10 heteroatoms. The molecule has 4 aromatic carbocycles. The molecule has 33 heavy (non-hydrogen) atoms. The third-order valence-corrected chi connectivity index (χ3v) is 7.06. The van der Waals surface area contributed by atoms with E-state index in [2.05, 4.69) is 0 Å². The molecular weight excluding hydrogens is 468 g/mol. The standard InChI is InChI=1S/C12H10O4S.C10H8O3S.CH2O/c13-10-7-4-8-11(12(10)14)17(15,16)9-5-2-1-3-6-9;11-14(12,13)10-7-3-5-8-4-1-2-6-9(8)10;1-2/h1-8,13-14H;1-7H,(H,11,12,13);1H2. The SMILES string of the molecule is C=O.O=S(=O)(O)c1cccc2ccccc12.O=S(=O)(c1ccccc1)c1cccc(O)c1O. The van der Waals surface area contributed by atoms with Gasteiger partial charge >= 0.3 is 0 Å². The first kappa shape index (κ1) is 25.5. The molecule has 0 unspecified atom stereocenters. The summed E-state index contributed by atoms with van der Waals surface area (Å²) in [5.41, 5.74) is 0. The van der Waals surface area contributed by atoms with E-state index in [1.165, 1.54) is 36.4 Å². The van der Waals surface area contributed by atoms with Gasteiger partial charge in [-0.15, -0.1) is 0 Å². The van der Waals surface area contributed by atoms with E-state index in [1.807, 2.05) is 12.9 Å². The van der Waals surface area contributed by atoms with E-state index < -0.39 is 31.5 Å². The molecule has 0 atom stereocenters. The molecule has 0 heterocycles. The number of hydrogen-bond acceptors (Lipinski definition) is 7. The molecule has 0 aromatic heterocycles. The van der Waals surface area contributed by atoms with Crippen molar-refractivity contribution in [3.8, 4) is 11.5 Å². The molecule has 0 amide bonds. The Kier molecular flexibility index (Phi) is 8.30. The Morgan fingerprint density at radius 2 is 1.12 bits per heavy atom. The van der Waals surface area contributed by atoms with Crippen LogP contribution in [0.25, 0.3) is 10.8 Å². The van der Waals surface area contributed by atoms with Crippen molar-refractivity contribution in [1.82, 2.24) is 0 Å². The van der Waals surface area contributed by atoms with Gasteiger partial charge in [0.15, 0.2) is 11.5 Å². The van der Waals surface area contributed by atoms with Crippen LogP contribution >= 0.6 is 0 Å². The van der Waals surface area contributed by atoms with E-state index in [-0.39, 0.29) is 14.7 Å². The Labute approximate surface area is 191 Å². The fourth-order valence-corrected chi connectivity index (χ4v) is 4.98. The van der Waals surface area contributed by atoms with Gasteiger partial charge in [0, 0.05) is 5.39 Å². The van der Waals surface area contributed by atoms with Gasteiger partial charge in [-0.25, -0.2) is 8.42 Å². The Hall–Kier alpha value is -3.73. The van der Waals surface area contributed by atoms with E-state index in [4.69, 9.17) is 9.35 Å². The fraction of sp³-hybridized carbons (Fsp3) is 0. The van der Waals surface area contributed by atoms with Crippen molar-refractivity contribution in [1.29, 1.82) is 0 Å². The van der Waals surface area contributed by atoms with Crippen LogP contribution in [0.3, 0.4) is 0 Å². The van der Waals surface area contributed by atoms with Crippen LogP contribution in [0.1, 0.15) is 0 Å². The van der Waals surface area contributed by atoms with Crippen molar-refractivity contribution in [3.63, 3.8) is 0 Å². The summed E-state index contributed by atoms with van der Waals surface area (Å²) in [7, 11) is -7.93. The Balaban J connectivity index is 0.000000221. The first-order valence-corrected chi connectivity index (χ1v) is 12.1. The molecule has 0 aliphatic carbocycles. The summed E-state index contributed by atoms with van der Waals surface area (Å²) >= 11 is 0. The fourth-order valence-electron chi connectivity index (χ4n) is 2.87. The van der Waals surface area contributed by atoms with E-state index in [0.29, 0.717) is 5.39 Å². The molecule has 0 spiro atoms. The van der Waals surface area contributed by atoms with Crippen LogP contribution in [0, 0.1) is 0 Å². The number of sulfone groups is 1. The molecule has 4 rings (SSSR count). The van der Waals surface area contributed by atoms with Crippen LogP contribution in [-0.4, -0.2) is 38.4 Å². The second kappa shape index (κ2) is 10.7.